The molecule has 3 aromatic rings. The molecule has 0 aliphatic carbocycles. The number of benzene rings is 3. The first kappa shape index (κ1) is 31.6. The predicted molar refractivity (Wildman–Crippen MR) is 161 cm³/mol. The topological polar surface area (TPSA) is 118 Å². The lowest BCUT2D eigenvalue weighted by Crippen LogP contribution is -2.10. The molecule has 3 aromatic carbocycles. The molecule has 3 rings (SSSR count). The average Bonchev–Trinajstić information content (AvgIpc) is 2.87. The van der Waals surface area contributed by atoms with Gasteiger partial charge in [-0.3, -0.25) is 0 Å². The number of nitrogens with zero attached hydrogens (tertiary/aromatic N) is 1. The molecule has 0 spiro atoms. The maximum absolute atomic E-state index is 12.4. The van der Waals surface area contributed by atoms with Gasteiger partial charge in [0.15, 0.2) is 23.0 Å². The van der Waals surface area contributed by atoms with Crippen molar-refractivity contribution in [1.29, 1.82) is 0 Å². The number of rotatable bonds is 12. The van der Waals surface area contributed by atoms with Gasteiger partial charge in [-0.15, -0.1) is 0 Å². The molecule has 41 heavy (non-hydrogen) atoms. The summed E-state index contributed by atoms with van der Waals surface area (Å²) in [4.78, 5) is 1.95. The minimum atomic E-state index is -4.05. The van der Waals surface area contributed by atoms with Crippen LogP contribution in [0.15, 0.2) is 60.2 Å². The smallest absolute Gasteiger partial charge is 0.306 e. The molecule has 0 aliphatic heterocycles. The van der Waals surface area contributed by atoms with Gasteiger partial charge >= 0.3 is 20.2 Å². The van der Waals surface area contributed by atoms with Crippen molar-refractivity contribution in [3.05, 3.63) is 60.2 Å². The van der Waals surface area contributed by atoms with Gasteiger partial charge in [-0.1, -0.05) is 23.8 Å². The minimum absolute atomic E-state index is 0.0955. The maximum Gasteiger partial charge on any atom is 0.306 e. The molecule has 0 bridgehead atoms. The van der Waals surface area contributed by atoms with Crippen molar-refractivity contribution in [3.8, 4) is 51.0 Å². The van der Waals surface area contributed by atoms with Gasteiger partial charge in [0.25, 0.3) is 0 Å². The third kappa shape index (κ3) is 8.30. The van der Waals surface area contributed by atoms with Crippen molar-refractivity contribution in [2.75, 3.05) is 52.3 Å². The Hall–Kier alpha value is -3.90. The van der Waals surface area contributed by atoms with Crippen LogP contribution in [0.2, 0.25) is 0 Å². The van der Waals surface area contributed by atoms with E-state index in [1.165, 1.54) is 26.4 Å². The first-order chi connectivity index (χ1) is 19.1. The van der Waals surface area contributed by atoms with Gasteiger partial charge in [-0.05, 0) is 61.4 Å². The fourth-order valence-corrected chi connectivity index (χ4v) is 4.87. The van der Waals surface area contributed by atoms with Crippen molar-refractivity contribution in [2.24, 2.45) is 0 Å². The highest BCUT2D eigenvalue weighted by molar-refractivity contribution is 7.86. The summed E-state index contributed by atoms with van der Waals surface area (Å²) in [5.74, 6) is 0.329. The van der Waals surface area contributed by atoms with Crippen LogP contribution in [0, 0.1) is 0 Å². The van der Waals surface area contributed by atoms with Crippen LogP contribution in [0.25, 0.3) is 22.3 Å². The van der Waals surface area contributed by atoms with Crippen molar-refractivity contribution < 1.29 is 39.4 Å². The lowest BCUT2D eigenvalue weighted by atomic mass is 9.96. The molecule has 222 valence electrons. The molecule has 0 heterocycles. The maximum atomic E-state index is 12.4. The molecule has 0 saturated carbocycles. The van der Waals surface area contributed by atoms with Crippen LogP contribution in [0.5, 0.6) is 28.7 Å². The second-order valence-corrected chi connectivity index (χ2v) is 12.8. The second-order valence-electron chi connectivity index (χ2n) is 9.63. The molecular formula is C29H35NO9S2. The normalized spacial score (nSPS) is 11.4. The largest absolute Gasteiger partial charge is 0.496 e. The lowest BCUT2D eigenvalue weighted by molar-refractivity contribution is 0.347. The van der Waals surface area contributed by atoms with E-state index in [4.69, 9.17) is 22.6 Å². The van der Waals surface area contributed by atoms with Crippen LogP contribution in [0.1, 0.15) is 13.8 Å². The summed E-state index contributed by atoms with van der Waals surface area (Å²) in [6, 6.07) is 13.8. The van der Waals surface area contributed by atoms with Crippen LogP contribution in [-0.4, -0.2) is 64.3 Å². The Morgan fingerprint density at radius 2 is 1.37 bits per heavy atom. The predicted octanol–water partition coefficient (Wildman–Crippen LogP) is 5.13. The third-order valence-corrected chi connectivity index (χ3v) is 6.71. The molecule has 10 nitrogen and oxygen atoms in total. The van der Waals surface area contributed by atoms with Crippen LogP contribution in [0.3, 0.4) is 0 Å². The zero-order valence-electron chi connectivity index (χ0n) is 24.3. The SMILES string of the molecule is COc1cc(-c2ccc(N(C)C)cc2)c(OC)c(OS(C)(=O)=O)c1-c1ccc(OCC=C(C)C)c(OS(C)(=O)=O)c1. The highest BCUT2D eigenvalue weighted by Crippen LogP contribution is 2.51. The summed E-state index contributed by atoms with van der Waals surface area (Å²) in [6.07, 6.45) is 3.66. The van der Waals surface area contributed by atoms with E-state index in [0.29, 0.717) is 11.1 Å². The summed E-state index contributed by atoms with van der Waals surface area (Å²) >= 11 is 0. The fraction of sp³-hybridized carbons (Fsp3) is 0.310. The van der Waals surface area contributed by atoms with Crippen LogP contribution in [0.4, 0.5) is 5.69 Å². The quantitative estimate of drug-likeness (QED) is 0.203. The van der Waals surface area contributed by atoms with Crippen LogP contribution >= 0.6 is 0 Å². The van der Waals surface area contributed by atoms with E-state index in [9.17, 15) is 16.8 Å². The monoisotopic (exact) mass is 605 g/mol. The highest BCUT2D eigenvalue weighted by Gasteiger charge is 2.27. The number of ether oxygens (including phenoxy) is 3. The molecular weight excluding hydrogens is 570 g/mol. The Balaban J connectivity index is 2.32. The molecule has 0 atom stereocenters. The lowest BCUT2D eigenvalue weighted by Gasteiger charge is -2.21. The van der Waals surface area contributed by atoms with Crippen molar-refractivity contribution in [2.45, 2.75) is 13.8 Å². The standard InChI is InChI=1S/C29H35NO9S2/c1-19(2)15-16-37-24-14-11-21(17-25(24)38-40(7,31)32)27-26(35-5)18-23(20-9-12-22(13-10-20)30(3)4)28(36-6)29(27)39-41(8,33)34/h9-15,17-18H,16H2,1-8H3. The highest BCUT2D eigenvalue weighted by atomic mass is 32.2. The average molecular weight is 606 g/mol. The van der Waals surface area contributed by atoms with Gasteiger partial charge in [0.1, 0.15) is 12.4 Å². The van der Waals surface area contributed by atoms with Gasteiger partial charge in [-0.2, -0.15) is 16.8 Å². The van der Waals surface area contributed by atoms with Gasteiger partial charge in [0.2, 0.25) is 0 Å². The van der Waals surface area contributed by atoms with Gasteiger partial charge in [0, 0.05) is 25.3 Å². The second kappa shape index (κ2) is 12.7. The van der Waals surface area contributed by atoms with E-state index in [1.54, 1.807) is 12.1 Å². The van der Waals surface area contributed by atoms with Gasteiger partial charge < -0.3 is 27.5 Å². The van der Waals surface area contributed by atoms with E-state index in [2.05, 4.69) is 0 Å². The summed E-state index contributed by atoms with van der Waals surface area (Å²) in [7, 11) is -1.32. The minimum Gasteiger partial charge on any atom is -0.496 e. The van der Waals surface area contributed by atoms with Gasteiger partial charge in [0.05, 0.1) is 32.3 Å². The molecule has 0 radical (unpaired) electrons. The van der Waals surface area contributed by atoms with Crippen LogP contribution in [-0.2, 0) is 20.2 Å². The Morgan fingerprint density at radius 3 is 1.88 bits per heavy atom. The zero-order chi connectivity index (χ0) is 30.5. The number of hydrogen-bond acceptors (Lipinski definition) is 10. The van der Waals surface area contributed by atoms with Crippen molar-refractivity contribution in [3.63, 3.8) is 0 Å². The Bertz CT molecular complexity index is 1640. The molecule has 0 amide bonds. The number of methoxy groups -OCH3 is 2. The molecule has 0 aliphatic rings. The van der Waals surface area contributed by atoms with E-state index in [1.807, 2.05) is 63.2 Å². The molecule has 0 N–H and O–H groups in total. The first-order valence-corrected chi connectivity index (χ1v) is 16.0. The van der Waals surface area contributed by atoms with Crippen molar-refractivity contribution in [1.82, 2.24) is 0 Å². The van der Waals surface area contributed by atoms with E-state index in [0.717, 1.165) is 29.3 Å². The number of allylic oxidation sites excluding steroid dienone is 1. The molecule has 12 heteroatoms. The van der Waals surface area contributed by atoms with E-state index >= 15 is 0 Å². The van der Waals surface area contributed by atoms with Gasteiger partial charge in [-0.25, -0.2) is 0 Å². The summed E-state index contributed by atoms with van der Waals surface area (Å²) in [5, 5.41) is 0. The summed E-state index contributed by atoms with van der Waals surface area (Å²) in [5.41, 5.74) is 3.77. The summed E-state index contributed by atoms with van der Waals surface area (Å²) < 4.78 is 77.0. The molecule has 0 saturated heterocycles. The van der Waals surface area contributed by atoms with E-state index in [-0.39, 0.29) is 40.9 Å². The Kier molecular flexibility index (Phi) is 9.82. The van der Waals surface area contributed by atoms with Crippen LogP contribution < -0.4 is 27.5 Å². The number of hydrogen-bond donors (Lipinski definition) is 0. The fourth-order valence-electron chi connectivity index (χ4n) is 3.95. The van der Waals surface area contributed by atoms with E-state index < -0.39 is 20.2 Å². The Morgan fingerprint density at radius 1 is 0.756 bits per heavy atom. The summed E-state index contributed by atoms with van der Waals surface area (Å²) in [6.45, 7) is 4.00. The zero-order valence-corrected chi connectivity index (χ0v) is 26.0. The first-order valence-electron chi connectivity index (χ1n) is 12.4. The third-order valence-electron chi connectivity index (χ3n) is 5.76. The Labute approximate surface area is 242 Å². The molecule has 0 fully saturated rings. The van der Waals surface area contributed by atoms with Crippen molar-refractivity contribution >= 4 is 25.9 Å². The number of anilines is 1. The molecule has 0 unspecified atom stereocenters. The molecule has 0 aromatic heterocycles.